The molecule has 0 atom stereocenters. The van der Waals surface area contributed by atoms with Gasteiger partial charge in [0, 0.05) is 12.1 Å². The molecule has 1 fully saturated rings. The standard InChI is InChI=1S/C12H20N4O/c1-9(2)14-12(15-13)16(10-5-6-10)8-11-4-3-7-17-11/h3-4,7,9-10H,5-6,8,13H2,1-2H3,(H,14,15). The number of hydrogen-bond acceptors (Lipinski definition) is 3. The molecule has 0 saturated heterocycles. The molecule has 1 aromatic rings. The van der Waals surface area contributed by atoms with Gasteiger partial charge < -0.3 is 9.32 Å². The van der Waals surface area contributed by atoms with Crippen LogP contribution in [0.2, 0.25) is 0 Å². The molecule has 1 heterocycles. The Bertz CT molecular complexity index is 368. The summed E-state index contributed by atoms with van der Waals surface area (Å²) in [6.07, 6.45) is 4.08. The zero-order valence-electron chi connectivity index (χ0n) is 10.4. The van der Waals surface area contributed by atoms with E-state index in [-0.39, 0.29) is 6.04 Å². The minimum atomic E-state index is 0.221. The molecule has 0 amide bonds. The lowest BCUT2D eigenvalue weighted by atomic mass is 10.4. The highest BCUT2D eigenvalue weighted by Crippen LogP contribution is 2.28. The Hall–Kier alpha value is -1.49. The highest BCUT2D eigenvalue weighted by atomic mass is 16.3. The first-order valence-corrected chi connectivity index (χ1v) is 6.04. The van der Waals surface area contributed by atoms with E-state index in [0.29, 0.717) is 12.6 Å². The summed E-state index contributed by atoms with van der Waals surface area (Å²) in [4.78, 5) is 6.68. The molecule has 0 unspecified atom stereocenters. The van der Waals surface area contributed by atoms with Crippen molar-refractivity contribution in [2.75, 3.05) is 0 Å². The second-order valence-corrected chi connectivity index (χ2v) is 4.63. The number of aliphatic imine (C=N–C) groups is 1. The fourth-order valence-electron chi connectivity index (χ4n) is 1.77. The van der Waals surface area contributed by atoms with E-state index in [4.69, 9.17) is 10.3 Å². The van der Waals surface area contributed by atoms with Crippen LogP contribution in [0.3, 0.4) is 0 Å². The zero-order chi connectivity index (χ0) is 12.3. The highest BCUT2D eigenvalue weighted by Gasteiger charge is 2.31. The number of guanidine groups is 1. The number of hydrazine groups is 1. The average molecular weight is 236 g/mol. The van der Waals surface area contributed by atoms with Crippen LogP contribution in [0.4, 0.5) is 0 Å². The molecule has 5 nitrogen and oxygen atoms in total. The summed E-state index contributed by atoms with van der Waals surface area (Å²) in [5.41, 5.74) is 2.70. The number of hydrogen-bond donors (Lipinski definition) is 2. The van der Waals surface area contributed by atoms with E-state index in [0.717, 1.165) is 11.7 Å². The molecule has 1 aliphatic rings. The number of nitrogens with zero attached hydrogens (tertiary/aromatic N) is 2. The van der Waals surface area contributed by atoms with Crippen molar-refractivity contribution in [2.45, 2.75) is 45.3 Å². The van der Waals surface area contributed by atoms with E-state index in [2.05, 4.69) is 15.3 Å². The third-order valence-corrected chi connectivity index (χ3v) is 2.68. The second kappa shape index (κ2) is 5.23. The molecule has 1 aromatic heterocycles. The van der Waals surface area contributed by atoms with E-state index in [1.165, 1.54) is 12.8 Å². The lowest BCUT2D eigenvalue weighted by Crippen LogP contribution is -2.46. The molecule has 1 saturated carbocycles. The van der Waals surface area contributed by atoms with E-state index in [9.17, 15) is 0 Å². The molecule has 0 radical (unpaired) electrons. The van der Waals surface area contributed by atoms with Crippen LogP contribution in [-0.4, -0.2) is 22.9 Å². The molecule has 0 aliphatic heterocycles. The SMILES string of the molecule is CC(C)N=C(NN)N(Cc1ccco1)C1CC1. The van der Waals surface area contributed by atoms with Crippen molar-refractivity contribution in [3.8, 4) is 0 Å². The number of furan rings is 1. The Morgan fingerprint density at radius 3 is 2.88 bits per heavy atom. The lowest BCUT2D eigenvalue weighted by Gasteiger charge is -2.25. The van der Waals surface area contributed by atoms with Gasteiger partial charge in [-0.25, -0.2) is 10.8 Å². The summed E-state index contributed by atoms with van der Waals surface area (Å²) in [5, 5.41) is 0. The van der Waals surface area contributed by atoms with Gasteiger partial charge in [-0.3, -0.25) is 5.43 Å². The van der Waals surface area contributed by atoms with Crippen LogP contribution in [-0.2, 0) is 6.54 Å². The Morgan fingerprint density at radius 1 is 1.65 bits per heavy atom. The highest BCUT2D eigenvalue weighted by molar-refractivity contribution is 5.80. The molecule has 0 spiro atoms. The third-order valence-electron chi connectivity index (χ3n) is 2.68. The van der Waals surface area contributed by atoms with Gasteiger partial charge in [-0.2, -0.15) is 0 Å². The van der Waals surface area contributed by atoms with Crippen molar-refractivity contribution < 1.29 is 4.42 Å². The van der Waals surface area contributed by atoms with E-state index < -0.39 is 0 Å². The summed E-state index contributed by atoms with van der Waals surface area (Å²) in [7, 11) is 0. The van der Waals surface area contributed by atoms with E-state index in [1.807, 2.05) is 26.0 Å². The second-order valence-electron chi connectivity index (χ2n) is 4.63. The topological polar surface area (TPSA) is 66.8 Å². The first kappa shape index (κ1) is 12.0. The molecular weight excluding hydrogens is 216 g/mol. The fourth-order valence-corrected chi connectivity index (χ4v) is 1.77. The normalized spacial score (nSPS) is 16.4. The van der Waals surface area contributed by atoms with Crippen molar-refractivity contribution >= 4 is 5.96 Å². The number of rotatable bonds is 4. The van der Waals surface area contributed by atoms with E-state index >= 15 is 0 Å². The molecule has 0 aromatic carbocycles. The van der Waals surface area contributed by atoms with Crippen LogP contribution in [0, 0.1) is 0 Å². The van der Waals surface area contributed by atoms with Crippen LogP contribution in [0.15, 0.2) is 27.8 Å². The first-order valence-electron chi connectivity index (χ1n) is 6.04. The predicted molar refractivity (Wildman–Crippen MR) is 67.2 cm³/mol. The fraction of sp³-hybridized carbons (Fsp3) is 0.583. The Labute approximate surface area is 102 Å². The van der Waals surface area contributed by atoms with Crippen molar-refractivity contribution in [3.05, 3.63) is 24.2 Å². The largest absolute Gasteiger partial charge is 0.467 e. The maximum atomic E-state index is 5.56. The molecule has 3 N–H and O–H groups in total. The van der Waals surface area contributed by atoms with Gasteiger partial charge in [-0.05, 0) is 38.8 Å². The van der Waals surface area contributed by atoms with Crippen LogP contribution < -0.4 is 11.3 Å². The quantitative estimate of drug-likeness (QED) is 0.359. The van der Waals surface area contributed by atoms with Crippen molar-refractivity contribution in [3.63, 3.8) is 0 Å². The monoisotopic (exact) mass is 236 g/mol. The summed E-state index contributed by atoms with van der Waals surface area (Å²) < 4.78 is 5.38. The lowest BCUT2D eigenvalue weighted by molar-refractivity contribution is 0.341. The van der Waals surface area contributed by atoms with Gasteiger partial charge in [-0.15, -0.1) is 0 Å². The van der Waals surface area contributed by atoms with Crippen molar-refractivity contribution in [1.29, 1.82) is 0 Å². The van der Waals surface area contributed by atoms with Crippen LogP contribution in [0.25, 0.3) is 0 Å². The van der Waals surface area contributed by atoms with Gasteiger partial charge in [0.15, 0.2) is 0 Å². The average Bonchev–Trinajstić information content (AvgIpc) is 3.01. The van der Waals surface area contributed by atoms with Crippen LogP contribution in [0.5, 0.6) is 0 Å². The first-order chi connectivity index (χ1) is 8.20. The summed E-state index contributed by atoms with van der Waals surface area (Å²) in [5.74, 6) is 7.25. The van der Waals surface area contributed by atoms with Gasteiger partial charge in [0.05, 0.1) is 12.8 Å². The summed E-state index contributed by atoms with van der Waals surface area (Å²) >= 11 is 0. The molecule has 94 valence electrons. The summed E-state index contributed by atoms with van der Waals surface area (Å²) in [6.45, 7) is 4.79. The Kier molecular flexibility index (Phi) is 3.68. The molecule has 2 rings (SSSR count). The van der Waals surface area contributed by atoms with Gasteiger partial charge in [0.2, 0.25) is 5.96 Å². The van der Waals surface area contributed by atoms with Crippen LogP contribution in [0.1, 0.15) is 32.4 Å². The van der Waals surface area contributed by atoms with Gasteiger partial charge in [0.1, 0.15) is 5.76 Å². The molecule has 5 heteroatoms. The van der Waals surface area contributed by atoms with Crippen molar-refractivity contribution in [1.82, 2.24) is 10.3 Å². The maximum absolute atomic E-state index is 5.56. The molecule has 0 bridgehead atoms. The van der Waals surface area contributed by atoms with Gasteiger partial charge in [0.25, 0.3) is 0 Å². The minimum absolute atomic E-state index is 0.221. The van der Waals surface area contributed by atoms with E-state index in [1.54, 1.807) is 6.26 Å². The zero-order valence-corrected chi connectivity index (χ0v) is 10.4. The molecule has 1 aliphatic carbocycles. The minimum Gasteiger partial charge on any atom is -0.467 e. The van der Waals surface area contributed by atoms with Crippen LogP contribution >= 0.6 is 0 Å². The third kappa shape index (κ3) is 3.23. The van der Waals surface area contributed by atoms with Crippen molar-refractivity contribution in [2.24, 2.45) is 10.8 Å². The van der Waals surface area contributed by atoms with Gasteiger partial charge in [-0.1, -0.05) is 0 Å². The number of nitrogens with one attached hydrogen (secondary N) is 1. The smallest absolute Gasteiger partial charge is 0.209 e. The molecule has 17 heavy (non-hydrogen) atoms. The maximum Gasteiger partial charge on any atom is 0.209 e. The number of nitrogens with two attached hydrogens (primary N) is 1. The summed E-state index contributed by atoms with van der Waals surface area (Å²) in [6, 6.07) is 4.63. The molecular formula is C12H20N4O. The predicted octanol–water partition coefficient (Wildman–Crippen LogP) is 1.47. The Morgan fingerprint density at radius 2 is 2.41 bits per heavy atom. The van der Waals surface area contributed by atoms with Gasteiger partial charge >= 0.3 is 0 Å². The Balaban J connectivity index is 2.10.